The Morgan fingerprint density at radius 1 is 1.04 bits per heavy atom. The van der Waals surface area contributed by atoms with Crippen LogP contribution in [0.25, 0.3) is 0 Å². The first-order chi connectivity index (χ1) is 13.3. The molecule has 0 atom stereocenters. The number of halogens is 1. The molecule has 1 N–H and O–H groups in total. The molecule has 1 heterocycles. The van der Waals surface area contributed by atoms with Crippen molar-refractivity contribution in [1.29, 1.82) is 5.26 Å². The van der Waals surface area contributed by atoms with Crippen molar-refractivity contribution in [3.63, 3.8) is 0 Å². The van der Waals surface area contributed by atoms with Crippen LogP contribution in [0.4, 0.5) is 4.39 Å². The molecule has 0 radical (unpaired) electrons. The molecule has 1 saturated heterocycles. The molecule has 28 heavy (non-hydrogen) atoms. The van der Waals surface area contributed by atoms with Crippen molar-refractivity contribution in [1.82, 2.24) is 0 Å². The summed E-state index contributed by atoms with van der Waals surface area (Å²) < 4.78 is 28.1. The molecule has 10 heteroatoms. The lowest BCUT2D eigenvalue weighted by atomic mass is 9.74. The van der Waals surface area contributed by atoms with E-state index in [2.05, 4.69) is 0 Å². The summed E-state index contributed by atoms with van der Waals surface area (Å²) in [7, 11) is -0.406. The first-order valence-corrected chi connectivity index (χ1v) is 8.74. The molecule has 6 nitrogen and oxygen atoms in total. The van der Waals surface area contributed by atoms with E-state index in [4.69, 9.17) is 19.0 Å². The molecule has 0 spiro atoms. The van der Waals surface area contributed by atoms with Gasteiger partial charge in [0.15, 0.2) is 5.78 Å². The molecule has 142 valence electrons. The third kappa shape index (κ3) is 6.04. The van der Waals surface area contributed by atoms with E-state index in [1.165, 1.54) is 42.5 Å². The number of aliphatic hydroxyl groups is 1. The van der Waals surface area contributed by atoms with Crippen LogP contribution in [0.3, 0.4) is 0 Å². The first kappa shape index (κ1) is 21.9. The maximum atomic E-state index is 12.8. The zero-order valence-corrected chi connectivity index (χ0v) is 15.9. The van der Waals surface area contributed by atoms with Crippen molar-refractivity contribution < 1.29 is 28.0 Å². The van der Waals surface area contributed by atoms with Crippen LogP contribution in [0.15, 0.2) is 42.5 Å². The second-order valence-corrected chi connectivity index (χ2v) is 6.09. The Bertz CT molecular complexity index is 834. The van der Waals surface area contributed by atoms with E-state index in [0.717, 1.165) is 0 Å². The summed E-state index contributed by atoms with van der Waals surface area (Å²) >= 11 is 0. The van der Waals surface area contributed by atoms with E-state index < -0.39 is 5.82 Å². The molecule has 0 aliphatic carbocycles. The highest BCUT2D eigenvalue weighted by Crippen LogP contribution is 2.17. The lowest BCUT2D eigenvalue weighted by Crippen LogP contribution is -2.44. The molecule has 0 saturated carbocycles. The summed E-state index contributed by atoms with van der Waals surface area (Å²) in [6.07, 6.45) is 0. The van der Waals surface area contributed by atoms with E-state index in [9.17, 15) is 14.3 Å². The van der Waals surface area contributed by atoms with Gasteiger partial charge in [0.2, 0.25) is 0 Å². The summed E-state index contributed by atoms with van der Waals surface area (Å²) in [4.78, 5) is 12.2. The largest absolute Gasteiger partial charge is 0.453 e. The van der Waals surface area contributed by atoms with Crippen LogP contribution in [-0.2, 0) is 20.3 Å². The summed E-state index contributed by atoms with van der Waals surface area (Å²) in [5, 5.41) is 18.0. The lowest BCUT2D eigenvalue weighted by molar-refractivity contribution is 0.103. The molecule has 2 aromatic carbocycles. The Morgan fingerprint density at radius 3 is 2.04 bits per heavy atom. The van der Waals surface area contributed by atoms with E-state index in [1.54, 1.807) is 0 Å². The van der Waals surface area contributed by atoms with Crippen LogP contribution >= 0.6 is 0 Å². The number of nitrogens with zero attached hydrogens (tertiary/aromatic N) is 1. The van der Waals surface area contributed by atoms with Crippen LogP contribution < -0.4 is 0 Å². The van der Waals surface area contributed by atoms with Crippen LogP contribution in [0, 0.1) is 17.1 Å². The Kier molecular flexibility index (Phi) is 7.97. The van der Waals surface area contributed by atoms with Gasteiger partial charge in [0.25, 0.3) is 0 Å². The molecule has 0 unspecified atom stereocenters. The number of nitriles is 1. The van der Waals surface area contributed by atoms with Gasteiger partial charge >= 0.3 is 21.4 Å². The Morgan fingerprint density at radius 2 is 1.57 bits per heavy atom. The number of hydrogen-bond acceptors (Lipinski definition) is 6. The number of hydrogen-bond donors (Lipinski definition) is 1. The van der Waals surface area contributed by atoms with Gasteiger partial charge in [-0.1, -0.05) is 0 Å². The van der Waals surface area contributed by atoms with Gasteiger partial charge in [-0.05, 0) is 68.5 Å². The van der Waals surface area contributed by atoms with Crippen LogP contribution in [0.2, 0.25) is 20.5 Å². The van der Waals surface area contributed by atoms with Crippen molar-refractivity contribution >= 4 is 27.1 Å². The predicted octanol–water partition coefficient (Wildman–Crippen LogP) is 2.82. The maximum Gasteiger partial charge on any atom is 0.426 e. The molecule has 0 bridgehead atoms. The van der Waals surface area contributed by atoms with Gasteiger partial charge in [0.05, 0.1) is 18.2 Å². The first-order valence-electron chi connectivity index (χ1n) is 8.74. The lowest BCUT2D eigenvalue weighted by Gasteiger charge is -2.25. The fourth-order valence-corrected chi connectivity index (χ4v) is 2.68. The van der Waals surface area contributed by atoms with Crippen LogP contribution in [-0.4, -0.2) is 32.2 Å². The van der Waals surface area contributed by atoms with Gasteiger partial charge < -0.3 is 18.8 Å². The van der Waals surface area contributed by atoms with Crippen LogP contribution in [0.5, 0.6) is 0 Å². The van der Waals surface area contributed by atoms with E-state index in [1.807, 2.05) is 26.5 Å². The van der Waals surface area contributed by atoms with Crippen molar-refractivity contribution in [2.24, 2.45) is 0 Å². The number of ketones is 1. The highest BCUT2D eigenvalue weighted by atomic mass is 19.1. The third-order valence-corrected chi connectivity index (χ3v) is 3.91. The molecular formula is C18H19B3FNO5. The van der Waals surface area contributed by atoms with Gasteiger partial charge in [-0.25, -0.2) is 4.39 Å². The van der Waals surface area contributed by atoms with Gasteiger partial charge in [-0.3, -0.25) is 4.79 Å². The minimum absolute atomic E-state index is 0.135. The Balaban J connectivity index is 0.000000261. The third-order valence-electron chi connectivity index (χ3n) is 3.91. The topological polar surface area (TPSA) is 88.8 Å². The van der Waals surface area contributed by atoms with Gasteiger partial charge in [0.1, 0.15) is 5.82 Å². The second kappa shape index (κ2) is 10.2. The van der Waals surface area contributed by atoms with E-state index in [0.29, 0.717) is 22.3 Å². The van der Waals surface area contributed by atoms with Crippen LogP contribution in [0.1, 0.15) is 27.0 Å². The standard InChI is InChI=1S/C15H10FNO2.C3H9B3O3/c16-13-4-2-11(3-5-13)15(19)14-6-1-10(8-17)7-12(14)9-18;1-4-7-5(2)9-6(3)8-4/h1-7,18H,9H2;1-3H3. The second-order valence-electron chi connectivity index (χ2n) is 6.09. The molecular weight excluding hydrogens is 362 g/mol. The number of benzene rings is 2. The van der Waals surface area contributed by atoms with Crippen molar-refractivity contribution in [2.45, 2.75) is 27.1 Å². The predicted molar refractivity (Wildman–Crippen MR) is 105 cm³/mol. The molecule has 3 rings (SSSR count). The quantitative estimate of drug-likeness (QED) is 0.650. The monoisotopic (exact) mass is 381 g/mol. The average Bonchev–Trinajstić information content (AvgIpc) is 2.67. The molecule has 1 fully saturated rings. The highest BCUT2D eigenvalue weighted by Gasteiger charge is 2.31. The van der Waals surface area contributed by atoms with E-state index in [-0.39, 0.29) is 33.7 Å². The molecule has 1 aliphatic heterocycles. The normalized spacial score (nSPS) is 13.5. The fourth-order valence-electron chi connectivity index (χ4n) is 2.68. The highest BCUT2D eigenvalue weighted by molar-refractivity contribution is 6.72. The summed E-state index contributed by atoms with van der Waals surface area (Å²) in [6.45, 7) is 5.23. The minimum atomic E-state index is -0.418. The van der Waals surface area contributed by atoms with Gasteiger partial charge in [0, 0.05) is 11.1 Å². The number of aliphatic hydroxyl groups excluding tert-OH is 1. The molecule has 2 aromatic rings. The fraction of sp³-hybridized carbons (Fsp3) is 0.222. The molecule has 1 aliphatic rings. The Labute approximate surface area is 164 Å². The zero-order valence-electron chi connectivity index (χ0n) is 15.9. The van der Waals surface area contributed by atoms with Crippen molar-refractivity contribution in [3.8, 4) is 6.07 Å². The minimum Gasteiger partial charge on any atom is -0.453 e. The molecule has 0 aromatic heterocycles. The summed E-state index contributed by atoms with van der Waals surface area (Å²) in [6, 6.07) is 11.6. The smallest absolute Gasteiger partial charge is 0.426 e. The van der Waals surface area contributed by atoms with Crippen molar-refractivity contribution in [2.75, 3.05) is 0 Å². The SMILES string of the molecule is CB1OB(C)OB(C)O1.N#Cc1ccc(C(=O)c2ccc(F)cc2)c(CO)c1. The average molecular weight is 381 g/mol. The van der Waals surface area contributed by atoms with Gasteiger partial charge in [-0.2, -0.15) is 5.26 Å². The molecule has 0 amide bonds. The Hall–Kier alpha value is -2.44. The van der Waals surface area contributed by atoms with Crippen molar-refractivity contribution in [3.05, 3.63) is 70.5 Å². The number of carbonyl (C=O) groups is 1. The summed E-state index contributed by atoms with van der Waals surface area (Å²) in [5.74, 6) is -0.729. The number of rotatable bonds is 3. The zero-order chi connectivity index (χ0) is 20.7. The van der Waals surface area contributed by atoms with E-state index >= 15 is 0 Å². The van der Waals surface area contributed by atoms with Gasteiger partial charge in [-0.15, -0.1) is 0 Å². The maximum absolute atomic E-state index is 12.8. The summed E-state index contributed by atoms with van der Waals surface area (Å²) in [5.41, 5.74) is 1.40. The number of carbonyl (C=O) groups excluding carboxylic acids is 1.